The quantitative estimate of drug-likeness (QED) is 0.710. The second-order valence-corrected chi connectivity index (χ2v) is 4.35. The lowest BCUT2D eigenvalue weighted by atomic mass is 10.2. The Labute approximate surface area is 98.8 Å². The Bertz CT molecular complexity index is 465. The number of rotatable bonds is 5. The largest absolute Gasteiger partial charge is 0.356 e. The van der Waals surface area contributed by atoms with E-state index in [4.69, 9.17) is 0 Å². The van der Waals surface area contributed by atoms with Crippen LogP contribution >= 0.6 is 0 Å². The van der Waals surface area contributed by atoms with Crippen molar-refractivity contribution in [1.29, 1.82) is 0 Å². The van der Waals surface area contributed by atoms with Crippen molar-refractivity contribution in [3.63, 3.8) is 0 Å². The Hall–Kier alpha value is -1.72. The highest BCUT2D eigenvalue weighted by Gasteiger charge is 2.26. The molecule has 1 amide bonds. The van der Waals surface area contributed by atoms with Crippen LogP contribution in [0, 0.1) is 0 Å². The zero-order valence-corrected chi connectivity index (χ0v) is 9.82. The maximum atomic E-state index is 11.7. The molecule has 6 heteroatoms. The van der Waals surface area contributed by atoms with Gasteiger partial charge in [0.2, 0.25) is 5.91 Å². The molecule has 2 rings (SSSR count). The van der Waals surface area contributed by atoms with Gasteiger partial charge < -0.3 is 10.3 Å². The van der Waals surface area contributed by atoms with Gasteiger partial charge in [-0.3, -0.25) is 9.59 Å². The van der Waals surface area contributed by atoms with Crippen LogP contribution in [0.1, 0.15) is 43.6 Å². The first kappa shape index (κ1) is 11.8. The predicted octanol–water partition coefficient (Wildman–Crippen LogP) is 0.111. The average molecular weight is 236 g/mol. The molecule has 0 saturated heterocycles. The molecule has 1 aliphatic rings. The van der Waals surface area contributed by atoms with E-state index >= 15 is 0 Å². The lowest BCUT2D eigenvalue weighted by molar-refractivity contribution is -0.118. The van der Waals surface area contributed by atoms with Crippen molar-refractivity contribution in [3.05, 3.63) is 21.9 Å². The van der Waals surface area contributed by atoms with Gasteiger partial charge >= 0.3 is 0 Å². The van der Waals surface area contributed by atoms with E-state index in [1.807, 2.05) is 0 Å². The van der Waals surface area contributed by atoms with E-state index < -0.39 is 0 Å². The summed E-state index contributed by atoms with van der Waals surface area (Å²) < 4.78 is 0. The summed E-state index contributed by atoms with van der Waals surface area (Å²) in [6, 6.07) is 0. The standard InChI is InChI=1S/C11H16N4O2/c1-7(16)12-6-2-3-9-11(17)13-10(15-14-9)8-4-5-8/h8H,2-6H2,1H3,(H,12,16)(H,13,15,17). The minimum atomic E-state index is -0.148. The molecule has 0 radical (unpaired) electrons. The topological polar surface area (TPSA) is 87.7 Å². The summed E-state index contributed by atoms with van der Waals surface area (Å²) >= 11 is 0. The maximum absolute atomic E-state index is 11.7. The van der Waals surface area contributed by atoms with Crippen molar-refractivity contribution in [2.45, 2.75) is 38.5 Å². The van der Waals surface area contributed by atoms with E-state index in [1.165, 1.54) is 6.92 Å². The third-order valence-electron chi connectivity index (χ3n) is 2.71. The molecule has 1 fully saturated rings. The number of carbonyl (C=O) groups is 1. The van der Waals surface area contributed by atoms with Crippen molar-refractivity contribution in [2.24, 2.45) is 0 Å². The van der Waals surface area contributed by atoms with Crippen molar-refractivity contribution in [3.8, 4) is 0 Å². The fraction of sp³-hybridized carbons (Fsp3) is 0.636. The fourth-order valence-corrected chi connectivity index (χ4v) is 1.60. The molecule has 2 N–H and O–H groups in total. The number of nitrogens with one attached hydrogen (secondary N) is 2. The zero-order valence-electron chi connectivity index (χ0n) is 9.82. The van der Waals surface area contributed by atoms with Gasteiger partial charge in [0, 0.05) is 19.4 Å². The van der Waals surface area contributed by atoms with Gasteiger partial charge in [-0.05, 0) is 25.7 Å². The van der Waals surface area contributed by atoms with Crippen LogP contribution in [0.15, 0.2) is 4.79 Å². The molecular formula is C11H16N4O2. The van der Waals surface area contributed by atoms with Gasteiger partial charge in [-0.2, -0.15) is 0 Å². The minimum Gasteiger partial charge on any atom is -0.356 e. The number of aryl methyl sites for hydroxylation is 1. The van der Waals surface area contributed by atoms with Gasteiger partial charge in [-0.25, -0.2) is 0 Å². The molecule has 0 bridgehead atoms. The van der Waals surface area contributed by atoms with E-state index in [1.54, 1.807) is 0 Å². The van der Waals surface area contributed by atoms with Crippen LogP contribution in [0.5, 0.6) is 0 Å². The summed E-state index contributed by atoms with van der Waals surface area (Å²) in [6.45, 7) is 2.03. The van der Waals surface area contributed by atoms with E-state index in [0.717, 1.165) is 12.8 Å². The summed E-state index contributed by atoms with van der Waals surface area (Å²) in [5.41, 5.74) is 0.296. The lowest BCUT2D eigenvalue weighted by Crippen LogP contribution is -2.23. The number of carbonyl (C=O) groups excluding carboxylic acids is 1. The van der Waals surface area contributed by atoms with E-state index in [2.05, 4.69) is 20.5 Å². The number of H-pyrrole nitrogens is 1. The number of aromatic nitrogens is 3. The zero-order chi connectivity index (χ0) is 12.3. The van der Waals surface area contributed by atoms with Crippen molar-refractivity contribution < 1.29 is 4.79 Å². The summed E-state index contributed by atoms with van der Waals surface area (Å²) in [7, 11) is 0. The highest BCUT2D eigenvalue weighted by molar-refractivity contribution is 5.72. The number of amides is 1. The monoisotopic (exact) mass is 236 g/mol. The first-order valence-electron chi connectivity index (χ1n) is 5.87. The Balaban J connectivity index is 1.88. The molecule has 17 heavy (non-hydrogen) atoms. The number of aromatic amines is 1. The molecule has 0 aliphatic heterocycles. The minimum absolute atomic E-state index is 0.0610. The van der Waals surface area contributed by atoms with Crippen molar-refractivity contribution >= 4 is 5.91 Å². The Kier molecular flexibility index (Phi) is 3.51. The molecule has 1 aromatic heterocycles. The van der Waals surface area contributed by atoms with Gasteiger partial charge in [0.1, 0.15) is 11.5 Å². The Morgan fingerprint density at radius 2 is 2.24 bits per heavy atom. The average Bonchev–Trinajstić information content (AvgIpc) is 3.09. The smallest absolute Gasteiger partial charge is 0.272 e. The number of hydrogen-bond donors (Lipinski definition) is 2. The van der Waals surface area contributed by atoms with E-state index in [0.29, 0.717) is 36.8 Å². The molecule has 92 valence electrons. The summed E-state index contributed by atoms with van der Waals surface area (Å²) in [6.07, 6.45) is 3.41. The molecule has 0 unspecified atom stereocenters. The molecule has 1 aliphatic carbocycles. The SMILES string of the molecule is CC(=O)NCCCc1nnc(C2CC2)[nH]c1=O. The fourth-order valence-electron chi connectivity index (χ4n) is 1.60. The molecular weight excluding hydrogens is 220 g/mol. The van der Waals surface area contributed by atoms with Crippen LogP contribution in [-0.2, 0) is 11.2 Å². The molecule has 0 atom stereocenters. The highest BCUT2D eigenvalue weighted by Crippen LogP contribution is 2.37. The number of nitrogens with zero attached hydrogens (tertiary/aromatic N) is 2. The number of hydrogen-bond acceptors (Lipinski definition) is 4. The third kappa shape index (κ3) is 3.37. The highest BCUT2D eigenvalue weighted by atomic mass is 16.1. The van der Waals surface area contributed by atoms with Crippen LogP contribution in [0.25, 0.3) is 0 Å². The second-order valence-electron chi connectivity index (χ2n) is 4.35. The normalized spacial score (nSPS) is 14.6. The second kappa shape index (κ2) is 5.07. The van der Waals surface area contributed by atoms with Gasteiger partial charge in [0.05, 0.1) is 0 Å². The molecule has 6 nitrogen and oxygen atoms in total. The molecule has 0 spiro atoms. The van der Waals surface area contributed by atoms with Crippen molar-refractivity contribution in [2.75, 3.05) is 6.54 Å². The van der Waals surface area contributed by atoms with Crippen molar-refractivity contribution in [1.82, 2.24) is 20.5 Å². The van der Waals surface area contributed by atoms with Gasteiger partial charge in [0.25, 0.3) is 5.56 Å². The van der Waals surface area contributed by atoms with Crippen LogP contribution in [0.2, 0.25) is 0 Å². The van der Waals surface area contributed by atoms with E-state index in [-0.39, 0.29) is 11.5 Å². The summed E-state index contributed by atoms with van der Waals surface area (Å²) in [5, 5.41) is 10.6. The van der Waals surface area contributed by atoms with Crippen LogP contribution in [0.4, 0.5) is 0 Å². The van der Waals surface area contributed by atoms with Gasteiger partial charge in [0.15, 0.2) is 0 Å². The Morgan fingerprint density at radius 3 is 2.82 bits per heavy atom. The summed E-state index contributed by atoms with van der Waals surface area (Å²) in [5.74, 6) is 1.05. The first-order chi connectivity index (χ1) is 8.16. The molecule has 0 aromatic carbocycles. The summed E-state index contributed by atoms with van der Waals surface area (Å²) in [4.78, 5) is 25.1. The lowest BCUT2D eigenvalue weighted by Gasteiger charge is -2.02. The predicted molar refractivity (Wildman–Crippen MR) is 61.6 cm³/mol. The Morgan fingerprint density at radius 1 is 1.47 bits per heavy atom. The molecule has 1 saturated carbocycles. The van der Waals surface area contributed by atoms with Crippen LogP contribution < -0.4 is 10.9 Å². The third-order valence-corrected chi connectivity index (χ3v) is 2.71. The molecule has 1 heterocycles. The first-order valence-corrected chi connectivity index (χ1v) is 5.87. The maximum Gasteiger partial charge on any atom is 0.272 e. The van der Waals surface area contributed by atoms with Crippen LogP contribution in [-0.4, -0.2) is 27.6 Å². The van der Waals surface area contributed by atoms with Gasteiger partial charge in [-0.15, -0.1) is 10.2 Å². The molecule has 1 aromatic rings. The van der Waals surface area contributed by atoms with E-state index in [9.17, 15) is 9.59 Å². The van der Waals surface area contributed by atoms with Crippen LogP contribution in [0.3, 0.4) is 0 Å². The van der Waals surface area contributed by atoms with Gasteiger partial charge in [-0.1, -0.05) is 0 Å².